The summed E-state index contributed by atoms with van der Waals surface area (Å²) in [7, 11) is 2.00. The Bertz CT molecular complexity index is 873. The number of nitrogens with zero attached hydrogens (tertiary/aromatic N) is 2. The van der Waals surface area contributed by atoms with Crippen molar-refractivity contribution in [1.29, 1.82) is 0 Å². The first-order valence-electron chi connectivity index (χ1n) is 12.2. The molecule has 1 aromatic rings. The van der Waals surface area contributed by atoms with Crippen LogP contribution in [0.25, 0.3) is 6.08 Å². The molecule has 4 nitrogen and oxygen atoms in total. The summed E-state index contributed by atoms with van der Waals surface area (Å²) in [6, 6.07) is 0. The van der Waals surface area contributed by atoms with E-state index in [9.17, 15) is 10.2 Å². The lowest BCUT2D eigenvalue weighted by molar-refractivity contribution is -0.133. The number of aliphatic hydroxyl groups is 2. The standard InChI is InChI=1S/C26H40N2O2/c1-15-21(16(2)28(5)27-15)12-17-13-23-20-7-6-18-14-19(29)8-10-25(18,3)22(20)9-11-26(23,4)24(17)30/h12,18-20,22-24,29-30H,6-11,13-14H2,1-5H3/b17-12-/t18-,19-,20-,22+,23+,24+,25-,26-/m0/s1. The average molecular weight is 413 g/mol. The first-order chi connectivity index (χ1) is 14.1. The number of fused-ring (bicyclic) bond motifs is 5. The van der Waals surface area contributed by atoms with Crippen LogP contribution in [0.2, 0.25) is 0 Å². The van der Waals surface area contributed by atoms with Gasteiger partial charge in [-0.25, -0.2) is 0 Å². The topological polar surface area (TPSA) is 58.3 Å². The second-order valence-electron chi connectivity index (χ2n) is 11.7. The molecule has 0 aromatic carbocycles. The highest BCUT2D eigenvalue weighted by molar-refractivity contribution is 5.59. The largest absolute Gasteiger partial charge is 0.393 e. The molecule has 0 saturated heterocycles. The van der Waals surface area contributed by atoms with Crippen molar-refractivity contribution in [2.45, 2.75) is 91.3 Å². The lowest BCUT2D eigenvalue weighted by Crippen LogP contribution is -2.54. The Balaban J connectivity index is 1.46. The molecule has 0 aliphatic heterocycles. The van der Waals surface area contributed by atoms with Crippen LogP contribution in [0, 0.1) is 48.3 Å². The van der Waals surface area contributed by atoms with Crippen LogP contribution in [0.3, 0.4) is 0 Å². The summed E-state index contributed by atoms with van der Waals surface area (Å²) in [4.78, 5) is 0. The smallest absolute Gasteiger partial charge is 0.0809 e. The van der Waals surface area contributed by atoms with Crippen molar-refractivity contribution in [2.75, 3.05) is 0 Å². The van der Waals surface area contributed by atoms with Crippen LogP contribution in [0.15, 0.2) is 5.57 Å². The quantitative estimate of drug-likeness (QED) is 0.697. The predicted octanol–water partition coefficient (Wildman–Crippen LogP) is 4.79. The summed E-state index contributed by atoms with van der Waals surface area (Å²) in [6.45, 7) is 9.10. The molecule has 4 aliphatic rings. The van der Waals surface area contributed by atoms with Crippen molar-refractivity contribution in [3.63, 3.8) is 0 Å². The maximum atomic E-state index is 11.5. The minimum Gasteiger partial charge on any atom is -0.393 e. The van der Waals surface area contributed by atoms with Crippen LogP contribution < -0.4 is 0 Å². The summed E-state index contributed by atoms with van der Waals surface area (Å²) >= 11 is 0. The fourth-order valence-electron chi connectivity index (χ4n) is 8.42. The summed E-state index contributed by atoms with van der Waals surface area (Å²) in [5.41, 5.74) is 5.06. The van der Waals surface area contributed by atoms with Crippen LogP contribution in [0.1, 0.15) is 82.2 Å². The van der Waals surface area contributed by atoms with Crippen molar-refractivity contribution < 1.29 is 10.2 Å². The van der Waals surface area contributed by atoms with Gasteiger partial charge in [-0.3, -0.25) is 4.68 Å². The summed E-state index contributed by atoms with van der Waals surface area (Å²) in [5.74, 6) is 2.75. The fourth-order valence-corrected chi connectivity index (χ4v) is 8.42. The van der Waals surface area contributed by atoms with E-state index >= 15 is 0 Å². The zero-order chi connectivity index (χ0) is 21.4. The van der Waals surface area contributed by atoms with Gasteiger partial charge in [0.2, 0.25) is 0 Å². The van der Waals surface area contributed by atoms with E-state index in [2.05, 4.69) is 38.9 Å². The van der Waals surface area contributed by atoms with E-state index in [1.165, 1.54) is 42.5 Å². The maximum absolute atomic E-state index is 11.5. The normalized spacial score (nSPS) is 47.1. The number of hydrogen-bond donors (Lipinski definition) is 2. The third-order valence-corrected chi connectivity index (χ3v) is 10.4. The fraction of sp³-hybridized carbons (Fsp3) is 0.808. The van der Waals surface area contributed by atoms with Gasteiger partial charge in [-0.15, -0.1) is 0 Å². The Morgan fingerprint density at radius 1 is 1.00 bits per heavy atom. The van der Waals surface area contributed by atoms with E-state index < -0.39 is 0 Å². The minimum absolute atomic E-state index is 0.00833. The van der Waals surface area contributed by atoms with Crippen LogP contribution in [-0.2, 0) is 7.05 Å². The SMILES string of the molecule is Cc1nn(C)c(C)c1/C=C1/C[C@@H]2[C@H]3CC[C@H]4C[C@@H](O)CC[C@]4(C)[C@@H]3CC[C@]2(C)[C@@H]1O. The molecule has 166 valence electrons. The molecule has 0 unspecified atom stereocenters. The molecule has 2 N–H and O–H groups in total. The molecular weight excluding hydrogens is 372 g/mol. The van der Waals surface area contributed by atoms with E-state index in [-0.39, 0.29) is 17.6 Å². The van der Waals surface area contributed by atoms with Crippen molar-refractivity contribution >= 4 is 6.08 Å². The van der Waals surface area contributed by atoms with Gasteiger partial charge in [0.1, 0.15) is 0 Å². The number of aryl methyl sites for hydroxylation is 2. The molecule has 5 rings (SSSR count). The van der Waals surface area contributed by atoms with Gasteiger partial charge in [-0.1, -0.05) is 13.8 Å². The van der Waals surface area contributed by atoms with Gasteiger partial charge in [0.25, 0.3) is 0 Å². The second-order valence-corrected chi connectivity index (χ2v) is 11.7. The molecule has 4 heteroatoms. The van der Waals surface area contributed by atoms with Crippen LogP contribution in [0.4, 0.5) is 0 Å². The Morgan fingerprint density at radius 2 is 1.73 bits per heavy atom. The van der Waals surface area contributed by atoms with Gasteiger partial charge in [-0.2, -0.15) is 5.10 Å². The third-order valence-electron chi connectivity index (χ3n) is 10.4. The van der Waals surface area contributed by atoms with Gasteiger partial charge in [0.15, 0.2) is 0 Å². The molecule has 0 bridgehead atoms. The molecule has 1 aromatic heterocycles. The minimum atomic E-state index is -0.332. The Labute approximate surface area is 181 Å². The molecule has 0 amide bonds. The highest BCUT2D eigenvalue weighted by atomic mass is 16.3. The molecule has 4 fully saturated rings. The van der Waals surface area contributed by atoms with Crippen molar-refractivity contribution in [3.8, 4) is 0 Å². The van der Waals surface area contributed by atoms with E-state index in [1.54, 1.807) is 0 Å². The molecule has 0 spiro atoms. The van der Waals surface area contributed by atoms with Crippen molar-refractivity contribution in [3.05, 3.63) is 22.5 Å². The monoisotopic (exact) mass is 412 g/mol. The van der Waals surface area contributed by atoms with Gasteiger partial charge >= 0.3 is 0 Å². The van der Waals surface area contributed by atoms with Gasteiger partial charge in [0.05, 0.1) is 17.9 Å². The molecule has 4 aliphatic carbocycles. The average Bonchev–Trinajstić information content (AvgIpc) is 3.10. The van der Waals surface area contributed by atoms with Gasteiger partial charge in [0, 0.05) is 23.7 Å². The van der Waals surface area contributed by atoms with Gasteiger partial charge < -0.3 is 10.2 Å². The lowest BCUT2D eigenvalue weighted by Gasteiger charge is -2.60. The summed E-state index contributed by atoms with van der Waals surface area (Å²) in [5, 5.41) is 26.3. The molecule has 0 radical (unpaired) electrons. The molecule has 30 heavy (non-hydrogen) atoms. The molecule has 4 saturated carbocycles. The number of aromatic nitrogens is 2. The van der Waals surface area contributed by atoms with Crippen LogP contribution >= 0.6 is 0 Å². The highest BCUT2D eigenvalue weighted by Crippen LogP contribution is 2.67. The number of rotatable bonds is 1. The highest BCUT2D eigenvalue weighted by Gasteiger charge is 2.61. The summed E-state index contributed by atoms with van der Waals surface area (Å²) in [6.07, 6.45) is 11.0. The third kappa shape index (κ3) is 2.82. The summed E-state index contributed by atoms with van der Waals surface area (Å²) < 4.78 is 1.95. The Morgan fingerprint density at radius 3 is 2.43 bits per heavy atom. The van der Waals surface area contributed by atoms with E-state index in [0.29, 0.717) is 17.3 Å². The Kier molecular flexibility index (Phi) is 4.80. The van der Waals surface area contributed by atoms with E-state index in [0.717, 1.165) is 43.2 Å². The number of hydrogen-bond acceptors (Lipinski definition) is 3. The van der Waals surface area contributed by atoms with Crippen molar-refractivity contribution in [2.24, 2.45) is 41.5 Å². The van der Waals surface area contributed by atoms with Crippen molar-refractivity contribution in [1.82, 2.24) is 9.78 Å². The first kappa shape index (κ1) is 20.8. The zero-order valence-electron chi connectivity index (χ0n) is 19.5. The Hall–Kier alpha value is -1.13. The molecular formula is C26H40N2O2. The predicted molar refractivity (Wildman–Crippen MR) is 120 cm³/mol. The maximum Gasteiger partial charge on any atom is 0.0809 e. The molecule has 1 heterocycles. The zero-order valence-corrected chi connectivity index (χ0v) is 19.5. The van der Waals surface area contributed by atoms with E-state index in [4.69, 9.17) is 0 Å². The van der Waals surface area contributed by atoms with Crippen LogP contribution in [-0.4, -0.2) is 32.2 Å². The van der Waals surface area contributed by atoms with Crippen LogP contribution in [0.5, 0.6) is 0 Å². The first-order valence-corrected chi connectivity index (χ1v) is 12.2. The van der Waals surface area contributed by atoms with E-state index in [1.807, 2.05) is 11.7 Å². The second kappa shape index (κ2) is 6.93. The lowest BCUT2D eigenvalue weighted by atomic mass is 9.45. The number of aliphatic hydroxyl groups excluding tert-OH is 2. The molecule has 8 atom stereocenters. The van der Waals surface area contributed by atoms with Gasteiger partial charge in [-0.05, 0) is 106 Å².